The van der Waals surface area contributed by atoms with Gasteiger partial charge in [0.15, 0.2) is 0 Å². The van der Waals surface area contributed by atoms with Gasteiger partial charge < -0.3 is 5.73 Å². The van der Waals surface area contributed by atoms with E-state index in [0.29, 0.717) is 6.54 Å². The number of nitrogens with two attached hydrogens (primary N) is 1. The van der Waals surface area contributed by atoms with Crippen molar-refractivity contribution in [3.63, 3.8) is 0 Å². The third kappa shape index (κ3) is 4.71. The lowest BCUT2D eigenvalue weighted by atomic mass is 9.65. The number of hydrazone groups is 1. The molecule has 2 aromatic rings. The summed E-state index contributed by atoms with van der Waals surface area (Å²) in [4.78, 5) is 41.9. The minimum absolute atomic E-state index is 0.119. The molecule has 0 saturated carbocycles. The second-order valence-electron chi connectivity index (χ2n) is 9.55. The van der Waals surface area contributed by atoms with E-state index in [1.807, 2.05) is 26.0 Å². The van der Waals surface area contributed by atoms with Crippen LogP contribution < -0.4 is 11.2 Å². The van der Waals surface area contributed by atoms with Crippen LogP contribution in [0.1, 0.15) is 85.0 Å². The van der Waals surface area contributed by atoms with Gasteiger partial charge in [0.2, 0.25) is 18.1 Å². The zero-order valence-corrected chi connectivity index (χ0v) is 20.7. The molecule has 4 rings (SSSR count). The van der Waals surface area contributed by atoms with Crippen LogP contribution in [0.5, 0.6) is 0 Å². The van der Waals surface area contributed by atoms with Gasteiger partial charge in [0.25, 0.3) is 0 Å². The second-order valence-corrected chi connectivity index (χ2v) is 9.55. The number of carbonyl (C=O) groups excluding carboxylic acids is 3. The monoisotopic (exact) mass is 485 g/mol. The first-order valence-corrected chi connectivity index (χ1v) is 12.4. The summed E-state index contributed by atoms with van der Waals surface area (Å²) in [5.74, 6) is -0.119. The van der Waals surface area contributed by atoms with E-state index in [1.54, 1.807) is 12.2 Å². The van der Waals surface area contributed by atoms with Crippen LogP contribution in [0.4, 0.5) is 0 Å². The zero-order valence-electron chi connectivity index (χ0n) is 20.7. The Bertz CT molecular complexity index is 1210. The fraction of sp³-hybridized carbons (Fsp3) is 0.429. The van der Waals surface area contributed by atoms with Crippen LogP contribution in [0.3, 0.4) is 0 Å². The van der Waals surface area contributed by atoms with Gasteiger partial charge >= 0.3 is 0 Å². The molecule has 1 amide bonds. The SMILES string of the molecule is CC(N=C=O)c1ccc2c(c1)CCc1cc(C(C)N=C=O)ccc1C2(CCCCN)C1=NNC(=O)C1. The molecule has 186 valence electrons. The second kappa shape index (κ2) is 10.9. The Hall–Kier alpha value is -3.70. The lowest BCUT2D eigenvalue weighted by Crippen LogP contribution is -2.38. The van der Waals surface area contributed by atoms with Crippen LogP contribution in [0.15, 0.2) is 51.5 Å². The molecular formula is C28H31N5O3. The Morgan fingerprint density at radius 3 is 1.97 bits per heavy atom. The van der Waals surface area contributed by atoms with Crippen molar-refractivity contribution in [3.8, 4) is 0 Å². The molecule has 2 aliphatic rings. The molecule has 1 aliphatic carbocycles. The lowest BCUT2D eigenvalue weighted by Gasteiger charge is -2.37. The number of hydrogen-bond acceptors (Lipinski definition) is 7. The van der Waals surface area contributed by atoms with Crippen LogP contribution in [0, 0.1) is 0 Å². The van der Waals surface area contributed by atoms with Gasteiger partial charge in [0, 0.05) is 0 Å². The first kappa shape index (κ1) is 25.4. The number of benzene rings is 2. The first-order chi connectivity index (χ1) is 17.4. The van der Waals surface area contributed by atoms with Crippen molar-refractivity contribution in [2.75, 3.05) is 6.54 Å². The molecule has 1 aliphatic heterocycles. The zero-order chi connectivity index (χ0) is 25.7. The van der Waals surface area contributed by atoms with Gasteiger partial charge in [-0.15, -0.1) is 0 Å². The maximum Gasteiger partial charge on any atom is 0.245 e. The summed E-state index contributed by atoms with van der Waals surface area (Å²) in [7, 11) is 0. The lowest BCUT2D eigenvalue weighted by molar-refractivity contribution is -0.119. The minimum Gasteiger partial charge on any atom is -0.330 e. The number of aryl methyl sites for hydroxylation is 2. The van der Waals surface area contributed by atoms with E-state index in [1.165, 1.54) is 0 Å². The number of nitrogens with zero attached hydrogens (tertiary/aromatic N) is 3. The number of amides is 1. The maximum absolute atomic E-state index is 12.4. The highest BCUT2D eigenvalue weighted by Crippen LogP contribution is 2.47. The topological polar surface area (TPSA) is 126 Å². The minimum atomic E-state index is -0.610. The van der Waals surface area contributed by atoms with E-state index in [0.717, 1.165) is 71.2 Å². The standard InChI is InChI=1S/C28H31N5O3/c1-18(30-16-34)20-7-9-24-22(13-20)5-6-23-14-21(19(2)31-17-35)8-10-25(23)28(24,11-3-4-12-29)26-15-27(36)33-32-26/h7-10,13-14,18-19H,3-6,11-12,15,29H2,1-2H3,(H,33,36). The van der Waals surface area contributed by atoms with Gasteiger partial charge in [-0.2, -0.15) is 15.1 Å². The Labute approximate surface area is 210 Å². The molecule has 1 heterocycles. The molecule has 8 heteroatoms. The van der Waals surface area contributed by atoms with Crippen LogP contribution >= 0.6 is 0 Å². The Balaban J connectivity index is 1.96. The van der Waals surface area contributed by atoms with Gasteiger partial charge in [0.05, 0.1) is 29.6 Å². The van der Waals surface area contributed by atoms with E-state index in [2.05, 4.69) is 44.8 Å². The smallest absolute Gasteiger partial charge is 0.245 e. The molecule has 36 heavy (non-hydrogen) atoms. The van der Waals surface area contributed by atoms with Crippen molar-refractivity contribution in [3.05, 3.63) is 69.8 Å². The number of rotatable bonds is 9. The van der Waals surface area contributed by atoms with Crippen molar-refractivity contribution >= 4 is 23.8 Å². The maximum atomic E-state index is 12.4. The molecule has 0 radical (unpaired) electrons. The molecule has 2 aromatic carbocycles. The van der Waals surface area contributed by atoms with Crippen LogP contribution in [0.25, 0.3) is 0 Å². The van der Waals surface area contributed by atoms with Gasteiger partial charge in [-0.1, -0.05) is 42.8 Å². The highest BCUT2D eigenvalue weighted by Gasteiger charge is 2.45. The summed E-state index contributed by atoms with van der Waals surface area (Å²) < 4.78 is 0. The van der Waals surface area contributed by atoms with Gasteiger partial charge in [-0.05, 0) is 79.5 Å². The fourth-order valence-corrected chi connectivity index (χ4v) is 5.58. The number of isocyanates is 2. The molecule has 2 unspecified atom stereocenters. The quantitative estimate of drug-likeness (QED) is 0.318. The number of nitrogens with one attached hydrogen (secondary N) is 1. The van der Waals surface area contributed by atoms with Crippen molar-refractivity contribution in [1.29, 1.82) is 0 Å². The molecule has 3 N–H and O–H groups in total. The number of carbonyl (C=O) groups is 1. The van der Waals surface area contributed by atoms with Crippen molar-refractivity contribution in [2.45, 2.75) is 69.9 Å². The average Bonchev–Trinajstić information content (AvgIpc) is 3.26. The fourth-order valence-electron chi connectivity index (χ4n) is 5.58. The number of fused-ring (bicyclic) bond motifs is 2. The first-order valence-electron chi connectivity index (χ1n) is 12.4. The van der Waals surface area contributed by atoms with Crippen molar-refractivity contribution in [2.24, 2.45) is 20.8 Å². The van der Waals surface area contributed by atoms with E-state index in [9.17, 15) is 14.4 Å². The van der Waals surface area contributed by atoms with E-state index >= 15 is 0 Å². The molecule has 0 bridgehead atoms. The van der Waals surface area contributed by atoms with Crippen LogP contribution in [0.2, 0.25) is 0 Å². The molecule has 2 atom stereocenters. The van der Waals surface area contributed by atoms with E-state index in [-0.39, 0.29) is 24.4 Å². The summed E-state index contributed by atoms with van der Waals surface area (Å²) in [5, 5.41) is 4.55. The number of hydrogen-bond donors (Lipinski definition) is 2. The summed E-state index contributed by atoms with van der Waals surface area (Å²) in [6.45, 7) is 4.33. The molecule has 0 saturated heterocycles. The number of aliphatic imine (C=N–C) groups is 2. The highest BCUT2D eigenvalue weighted by molar-refractivity contribution is 6.12. The molecular weight excluding hydrogens is 454 g/mol. The van der Waals surface area contributed by atoms with Crippen molar-refractivity contribution < 1.29 is 14.4 Å². The van der Waals surface area contributed by atoms with Crippen molar-refractivity contribution in [1.82, 2.24) is 5.43 Å². The largest absolute Gasteiger partial charge is 0.330 e. The summed E-state index contributed by atoms with van der Waals surface area (Å²) in [5.41, 5.74) is 15.1. The average molecular weight is 486 g/mol. The Morgan fingerprint density at radius 2 is 1.53 bits per heavy atom. The van der Waals surface area contributed by atoms with Gasteiger partial charge in [0.1, 0.15) is 0 Å². The van der Waals surface area contributed by atoms with Gasteiger partial charge in [-0.3, -0.25) is 4.79 Å². The molecule has 0 fully saturated rings. The third-order valence-electron chi connectivity index (χ3n) is 7.44. The van der Waals surface area contributed by atoms with E-state index in [4.69, 9.17) is 5.73 Å². The van der Waals surface area contributed by atoms with Crippen LogP contribution in [-0.2, 0) is 32.6 Å². The highest BCUT2D eigenvalue weighted by atomic mass is 16.2. The summed E-state index contributed by atoms with van der Waals surface area (Å²) in [6, 6.07) is 11.9. The Kier molecular flexibility index (Phi) is 7.70. The third-order valence-corrected chi connectivity index (χ3v) is 7.44. The Morgan fingerprint density at radius 1 is 0.972 bits per heavy atom. The predicted octanol–water partition coefficient (Wildman–Crippen LogP) is 3.87. The molecule has 0 aromatic heterocycles. The molecule has 8 nitrogen and oxygen atoms in total. The van der Waals surface area contributed by atoms with Crippen LogP contribution in [-0.4, -0.2) is 30.3 Å². The van der Waals surface area contributed by atoms with E-state index < -0.39 is 5.41 Å². The normalized spacial score (nSPS) is 20.0. The molecule has 0 spiro atoms. The number of unbranched alkanes of at least 4 members (excludes halogenated alkanes) is 1. The van der Waals surface area contributed by atoms with Gasteiger partial charge in [-0.25, -0.2) is 15.0 Å². The summed E-state index contributed by atoms with van der Waals surface area (Å²) >= 11 is 0. The predicted molar refractivity (Wildman–Crippen MR) is 137 cm³/mol. The summed E-state index contributed by atoms with van der Waals surface area (Å²) in [6.07, 6.45) is 7.57.